The largest absolute Gasteiger partial charge is 0.489 e. The summed E-state index contributed by atoms with van der Waals surface area (Å²) in [7, 11) is 0. The van der Waals surface area contributed by atoms with Crippen molar-refractivity contribution >= 4 is 45.0 Å². The van der Waals surface area contributed by atoms with Gasteiger partial charge in [0.05, 0.1) is 27.3 Å². The molecule has 0 aliphatic heterocycles. The number of aromatic nitrogens is 2. The third-order valence-electron chi connectivity index (χ3n) is 6.12. The van der Waals surface area contributed by atoms with Crippen LogP contribution in [0.25, 0.3) is 16.9 Å². The number of halogens is 2. The minimum absolute atomic E-state index is 0.0538. The average molecular weight is 628 g/mol. The van der Waals surface area contributed by atoms with Crippen molar-refractivity contribution in [1.29, 1.82) is 0 Å². The number of rotatable bonds is 10. The van der Waals surface area contributed by atoms with Crippen molar-refractivity contribution in [3.05, 3.63) is 87.6 Å². The Kier molecular flexibility index (Phi) is 9.18. The van der Waals surface area contributed by atoms with Gasteiger partial charge in [-0.05, 0) is 85.9 Å². The number of imidazole rings is 1. The highest BCUT2D eigenvalue weighted by atomic mass is 79.9. The van der Waals surface area contributed by atoms with Gasteiger partial charge in [0, 0.05) is 30.1 Å². The number of pyridine rings is 1. The number of hydrogen-bond donors (Lipinski definition) is 3. The highest BCUT2D eigenvalue weighted by Gasteiger charge is 2.25. The summed E-state index contributed by atoms with van der Waals surface area (Å²) in [4.78, 5) is 30.2. The van der Waals surface area contributed by atoms with Crippen LogP contribution in [0.1, 0.15) is 43.6 Å². The molecular weight excluding hydrogens is 596 g/mol. The van der Waals surface area contributed by atoms with Gasteiger partial charge in [-0.25, -0.2) is 4.98 Å². The van der Waals surface area contributed by atoms with E-state index in [0.29, 0.717) is 22.8 Å². The van der Waals surface area contributed by atoms with E-state index in [1.807, 2.05) is 67.0 Å². The molecule has 0 fully saturated rings. The molecule has 210 valence electrons. The summed E-state index contributed by atoms with van der Waals surface area (Å²) in [6.07, 6.45) is 4.30. The zero-order valence-corrected chi connectivity index (χ0v) is 25.1. The molecule has 2 amide bonds. The van der Waals surface area contributed by atoms with E-state index in [1.165, 1.54) is 13.8 Å². The van der Waals surface area contributed by atoms with E-state index >= 15 is 0 Å². The number of amides is 2. The Hall–Kier alpha value is -3.40. The predicted molar refractivity (Wildman–Crippen MR) is 160 cm³/mol. The first kappa shape index (κ1) is 29.6. The van der Waals surface area contributed by atoms with Gasteiger partial charge in [-0.1, -0.05) is 35.9 Å². The number of ether oxygens (including phenoxy) is 1. The molecule has 1 atom stereocenters. The first-order chi connectivity index (χ1) is 18.9. The van der Waals surface area contributed by atoms with Crippen LogP contribution in [0.3, 0.4) is 0 Å². The Morgan fingerprint density at radius 1 is 1.15 bits per heavy atom. The van der Waals surface area contributed by atoms with Gasteiger partial charge in [0.1, 0.15) is 11.4 Å². The van der Waals surface area contributed by atoms with E-state index in [2.05, 4.69) is 26.6 Å². The average Bonchev–Trinajstić information content (AvgIpc) is 3.33. The van der Waals surface area contributed by atoms with Crippen molar-refractivity contribution in [2.24, 2.45) is 0 Å². The zero-order chi connectivity index (χ0) is 29.0. The summed E-state index contributed by atoms with van der Waals surface area (Å²) in [5, 5.41) is 16.1. The Morgan fingerprint density at radius 3 is 2.50 bits per heavy atom. The molecule has 2 aromatic heterocycles. The number of fused-ring (bicyclic) bond motifs is 1. The number of aliphatic hydroxyl groups is 1. The van der Waals surface area contributed by atoms with Crippen LogP contribution in [0.5, 0.6) is 5.75 Å². The number of carbonyl (C=O) groups excluding carboxylic acids is 2. The molecule has 1 unspecified atom stereocenters. The fourth-order valence-corrected chi connectivity index (χ4v) is 4.75. The van der Waals surface area contributed by atoms with E-state index in [4.69, 9.17) is 21.3 Å². The SMILES string of the molecule is CC(C)Oc1ccc(C(=O)NC(CNC(=O)C(C)(C)O)Cc2ccc(-c3cn4cccc(Br)c4n3)cc2)cc1Cl. The van der Waals surface area contributed by atoms with E-state index in [0.717, 1.165) is 26.9 Å². The summed E-state index contributed by atoms with van der Waals surface area (Å²) in [5.41, 5.74) is 2.40. The van der Waals surface area contributed by atoms with E-state index in [9.17, 15) is 14.7 Å². The van der Waals surface area contributed by atoms with Crippen LogP contribution < -0.4 is 15.4 Å². The number of carbonyl (C=O) groups is 2. The third-order valence-corrected chi connectivity index (χ3v) is 7.04. The quantitative estimate of drug-likeness (QED) is 0.218. The fourth-order valence-electron chi connectivity index (χ4n) is 4.08. The molecule has 0 saturated heterocycles. The first-order valence-electron chi connectivity index (χ1n) is 12.9. The van der Waals surface area contributed by atoms with Crippen LogP contribution in [0, 0.1) is 0 Å². The standard InChI is InChI=1S/C30H32BrClN4O4/c1-18(2)40-26-12-11-21(15-24(26)32)28(37)34-22(16-33-29(38)30(3,4)39)14-19-7-9-20(10-8-19)25-17-36-13-5-6-23(31)27(36)35-25/h5-13,15,17-18,22,39H,14,16H2,1-4H3,(H,33,38)(H,34,37). The lowest BCUT2D eigenvalue weighted by Crippen LogP contribution is -2.49. The normalized spacial score (nSPS) is 12.4. The van der Waals surface area contributed by atoms with Crippen molar-refractivity contribution in [2.75, 3.05) is 6.54 Å². The van der Waals surface area contributed by atoms with Crippen molar-refractivity contribution in [3.63, 3.8) is 0 Å². The molecular formula is C30H32BrClN4O4. The van der Waals surface area contributed by atoms with Crippen molar-refractivity contribution in [2.45, 2.75) is 51.9 Å². The third kappa shape index (κ3) is 7.41. The Bertz CT molecular complexity index is 1510. The predicted octanol–water partition coefficient (Wildman–Crippen LogP) is 5.43. The van der Waals surface area contributed by atoms with Gasteiger partial charge in [-0.15, -0.1) is 0 Å². The molecule has 0 saturated carbocycles. The molecule has 8 nitrogen and oxygen atoms in total. The molecule has 0 spiro atoms. The van der Waals surface area contributed by atoms with E-state index < -0.39 is 17.6 Å². The second-order valence-electron chi connectivity index (χ2n) is 10.4. The first-order valence-corrected chi connectivity index (χ1v) is 14.1. The van der Waals surface area contributed by atoms with Gasteiger partial charge in [-0.2, -0.15) is 0 Å². The minimum atomic E-state index is -1.54. The van der Waals surface area contributed by atoms with Crippen LogP contribution in [0.15, 0.2) is 71.5 Å². The Morgan fingerprint density at radius 2 is 1.88 bits per heavy atom. The van der Waals surface area contributed by atoms with Gasteiger partial charge in [0.15, 0.2) is 5.65 Å². The maximum atomic E-state index is 13.1. The smallest absolute Gasteiger partial charge is 0.251 e. The summed E-state index contributed by atoms with van der Waals surface area (Å²) < 4.78 is 8.52. The van der Waals surface area contributed by atoms with Crippen LogP contribution in [-0.4, -0.2) is 50.6 Å². The van der Waals surface area contributed by atoms with Gasteiger partial charge in [0.25, 0.3) is 11.8 Å². The molecule has 0 radical (unpaired) electrons. The summed E-state index contributed by atoms with van der Waals surface area (Å²) in [6, 6.07) is 16.2. The molecule has 0 bridgehead atoms. The monoisotopic (exact) mass is 626 g/mol. The fraction of sp³-hybridized carbons (Fsp3) is 0.300. The molecule has 2 aromatic carbocycles. The van der Waals surface area contributed by atoms with Crippen LogP contribution in [-0.2, 0) is 11.2 Å². The van der Waals surface area contributed by atoms with Gasteiger partial charge in [0.2, 0.25) is 0 Å². The summed E-state index contributed by atoms with van der Waals surface area (Å²) in [6.45, 7) is 6.74. The van der Waals surface area contributed by atoms with Crippen LogP contribution >= 0.6 is 27.5 Å². The van der Waals surface area contributed by atoms with Crippen LogP contribution in [0.2, 0.25) is 5.02 Å². The Balaban J connectivity index is 1.51. The summed E-state index contributed by atoms with van der Waals surface area (Å²) >= 11 is 9.87. The number of hydrogen-bond acceptors (Lipinski definition) is 5. The maximum Gasteiger partial charge on any atom is 0.251 e. The highest BCUT2D eigenvalue weighted by Crippen LogP contribution is 2.27. The topological polar surface area (TPSA) is 105 Å². The lowest BCUT2D eigenvalue weighted by Gasteiger charge is -2.23. The minimum Gasteiger partial charge on any atom is -0.489 e. The van der Waals surface area contributed by atoms with Gasteiger partial charge in [-0.3, -0.25) is 9.59 Å². The van der Waals surface area contributed by atoms with Gasteiger partial charge >= 0.3 is 0 Å². The molecule has 4 aromatic rings. The zero-order valence-electron chi connectivity index (χ0n) is 22.7. The molecule has 10 heteroatoms. The number of nitrogens with one attached hydrogen (secondary N) is 2. The van der Waals surface area contributed by atoms with Crippen molar-refractivity contribution in [1.82, 2.24) is 20.0 Å². The second kappa shape index (κ2) is 12.4. The number of benzene rings is 2. The van der Waals surface area contributed by atoms with Crippen molar-refractivity contribution in [3.8, 4) is 17.0 Å². The van der Waals surface area contributed by atoms with E-state index in [1.54, 1.807) is 18.2 Å². The second-order valence-corrected chi connectivity index (χ2v) is 11.6. The lowest BCUT2D eigenvalue weighted by atomic mass is 10.0. The summed E-state index contributed by atoms with van der Waals surface area (Å²) in [5.74, 6) is -0.369. The molecule has 2 heterocycles. The molecule has 0 aliphatic carbocycles. The lowest BCUT2D eigenvalue weighted by molar-refractivity contribution is -0.136. The highest BCUT2D eigenvalue weighted by molar-refractivity contribution is 9.10. The molecule has 4 rings (SSSR count). The number of nitrogens with zero attached hydrogens (tertiary/aromatic N) is 2. The van der Waals surface area contributed by atoms with Crippen LogP contribution in [0.4, 0.5) is 0 Å². The molecule has 40 heavy (non-hydrogen) atoms. The van der Waals surface area contributed by atoms with Crippen molar-refractivity contribution < 1.29 is 19.4 Å². The molecule has 0 aliphatic rings. The maximum absolute atomic E-state index is 13.1. The Labute approximate surface area is 246 Å². The molecule has 3 N–H and O–H groups in total. The van der Waals surface area contributed by atoms with E-state index in [-0.39, 0.29) is 18.6 Å². The van der Waals surface area contributed by atoms with Gasteiger partial charge < -0.3 is 24.9 Å².